The summed E-state index contributed by atoms with van der Waals surface area (Å²) >= 11 is 0. The summed E-state index contributed by atoms with van der Waals surface area (Å²) in [6.07, 6.45) is 0. The Labute approximate surface area is 189 Å². The highest BCUT2D eigenvalue weighted by atomic mass is 15.1. The van der Waals surface area contributed by atoms with Crippen LogP contribution in [0.4, 0.5) is 17.1 Å². The average molecular weight is 410 g/mol. The molecule has 0 amide bonds. The van der Waals surface area contributed by atoms with E-state index in [0.29, 0.717) is 0 Å². The van der Waals surface area contributed by atoms with Crippen LogP contribution in [0.3, 0.4) is 0 Å². The molecule has 32 heavy (non-hydrogen) atoms. The molecular weight excluding hydrogens is 386 g/mol. The Morgan fingerprint density at radius 3 is 1.44 bits per heavy atom. The lowest BCUT2D eigenvalue weighted by Gasteiger charge is -2.26. The number of rotatable bonds is 4. The van der Waals surface area contributed by atoms with E-state index in [0.717, 1.165) is 11.4 Å². The van der Waals surface area contributed by atoms with Gasteiger partial charge in [-0.05, 0) is 64.2 Å². The maximum Gasteiger partial charge on any atom is 0.0464 e. The molecule has 1 aliphatic rings. The molecular formula is C31H23N. The van der Waals surface area contributed by atoms with Gasteiger partial charge in [-0.25, -0.2) is 0 Å². The van der Waals surface area contributed by atoms with Crippen molar-refractivity contribution < 1.29 is 0 Å². The van der Waals surface area contributed by atoms with E-state index in [4.69, 9.17) is 0 Å². The molecule has 0 radical (unpaired) electrons. The van der Waals surface area contributed by atoms with Gasteiger partial charge in [0, 0.05) is 23.0 Å². The molecule has 0 unspecified atom stereocenters. The molecule has 0 aliphatic heterocycles. The number of anilines is 3. The minimum atomic E-state index is 0.246. The summed E-state index contributed by atoms with van der Waals surface area (Å²) in [5.41, 5.74) is 10.3. The third-order valence-electron chi connectivity index (χ3n) is 6.32. The predicted molar refractivity (Wildman–Crippen MR) is 134 cm³/mol. The fraction of sp³-hybridized carbons (Fsp3) is 0.0323. The second-order valence-electron chi connectivity index (χ2n) is 8.21. The average Bonchev–Trinajstić information content (AvgIpc) is 3.20. The van der Waals surface area contributed by atoms with E-state index in [1.54, 1.807) is 0 Å². The van der Waals surface area contributed by atoms with Crippen molar-refractivity contribution in [3.63, 3.8) is 0 Å². The first-order valence-corrected chi connectivity index (χ1v) is 11.1. The van der Waals surface area contributed by atoms with Crippen LogP contribution < -0.4 is 4.90 Å². The zero-order chi connectivity index (χ0) is 21.3. The van der Waals surface area contributed by atoms with Crippen molar-refractivity contribution in [2.24, 2.45) is 0 Å². The molecule has 0 saturated heterocycles. The van der Waals surface area contributed by atoms with E-state index in [1.807, 2.05) is 0 Å². The van der Waals surface area contributed by atoms with E-state index in [1.165, 1.54) is 33.5 Å². The first-order valence-electron chi connectivity index (χ1n) is 11.1. The molecule has 1 heteroatoms. The van der Waals surface area contributed by atoms with E-state index in [2.05, 4.69) is 138 Å². The largest absolute Gasteiger partial charge is 0.310 e. The van der Waals surface area contributed by atoms with Crippen LogP contribution in [0.25, 0.3) is 11.1 Å². The van der Waals surface area contributed by atoms with Crippen LogP contribution in [-0.4, -0.2) is 0 Å². The van der Waals surface area contributed by atoms with Gasteiger partial charge in [0.15, 0.2) is 0 Å². The van der Waals surface area contributed by atoms with Crippen LogP contribution in [0.5, 0.6) is 0 Å². The highest BCUT2D eigenvalue weighted by Gasteiger charge is 2.29. The van der Waals surface area contributed by atoms with Crippen LogP contribution in [0.2, 0.25) is 0 Å². The zero-order valence-electron chi connectivity index (χ0n) is 17.7. The number of hydrogen-bond donors (Lipinski definition) is 0. The maximum absolute atomic E-state index is 2.35. The third kappa shape index (κ3) is 3.11. The summed E-state index contributed by atoms with van der Waals surface area (Å²) in [7, 11) is 0. The fourth-order valence-corrected chi connectivity index (χ4v) is 4.96. The molecule has 0 aromatic heterocycles. The van der Waals surface area contributed by atoms with E-state index in [-0.39, 0.29) is 5.92 Å². The standard InChI is InChI=1S/C31H23N/c1-3-13-24(14-4-1)32(25-15-5-2-6-16-25)26-17-11-12-23(22-26)31-29-20-9-7-18-27(29)28-19-8-10-21-30(28)31/h1-22,31H. The van der Waals surface area contributed by atoms with Gasteiger partial charge in [0.2, 0.25) is 0 Å². The molecule has 0 fully saturated rings. The number of nitrogens with zero attached hydrogens (tertiary/aromatic N) is 1. The molecule has 0 spiro atoms. The molecule has 5 aromatic carbocycles. The number of fused-ring (bicyclic) bond motifs is 3. The Balaban J connectivity index is 1.51. The molecule has 0 saturated carbocycles. The van der Waals surface area contributed by atoms with Crippen LogP contribution >= 0.6 is 0 Å². The van der Waals surface area contributed by atoms with E-state index < -0.39 is 0 Å². The molecule has 152 valence electrons. The van der Waals surface area contributed by atoms with Crippen molar-refractivity contribution in [3.05, 3.63) is 150 Å². The Morgan fingerprint density at radius 1 is 0.406 bits per heavy atom. The second-order valence-corrected chi connectivity index (χ2v) is 8.21. The molecule has 6 rings (SSSR count). The topological polar surface area (TPSA) is 3.24 Å². The fourth-order valence-electron chi connectivity index (χ4n) is 4.96. The van der Waals surface area contributed by atoms with Crippen molar-refractivity contribution in [1.82, 2.24) is 0 Å². The quantitative estimate of drug-likeness (QED) is 0.283. The van der Waals surface area contributed by atoms with Crippen molar-refractivity contribution >= 4 is 17.1 Å². The predicted octanol–water partition coefficient (Wildman–Crippen LogP) is 8.32. The lowest BCUT2D eigenvalue weighted by Crippen LogP contribution is -2.10. The Morgan fingerprint density at radius 2 is 0.875 bits per heavy atom. The molecule has 0 bridgehead atoms. The maximum atomic E-state index is 2.35. The minimum absolute atomic E-state index is 0.246. The van der Waals surface area contributed by atoms with E-state index >= 15 is 0 Å². The highest BCUT2D eigenvalue weighted by molar-refractivity contribution is 5.82. The molecule has 0 atom stereocenters. The monoisotopic (exact) mass is 409 g/mol. The summed E-state index contributed by atoms with van der Waals surface area (Å²) < 4.78 is 0. The van der Waals surface area contributed by atoms with Crippen LogP contribution in [0.15, 0.2) is 133 Å². The van der Waals surface area contributed by atoms with Crippen LogP contribution in [-0.2, 0) is 0 Å². The van der Waals surface area contributed by atoms with Gasteiger partial charge in [0.05, 0.1) is 0 Å². The van der Waals surface area contributed by atoms with Crippen LogP contribution in [0.1, 0.15) is 22.6 Å². The third-order valence-corrected chi connectivity index (χ3v) is 6.32. The Kier molecular flexibility index (Phi) is 4.58. The summed E-state index contributed by atoms with van der Waals surface area (Å²) in [5.74, 6) is 0.246. The van der Waals surface area contributed by atoms with Gasteiger partial charge < -0.3 is 4.90 Å². The lowest BCUT2D eigenvalue weighted by atomic mass is 9.89. The SMILES string of the molecule is c1ccc(N(c2ccccc2)c2cccc(C3c4ccccc4-c4ccccc43)c2)cc1. The van der Waals surface area contributed by atoms with Crippen molar-refractivity contribution in [1.29, 1.82) is 0 Å². The second kappa shape index (κ2) is 7.86. The van der Waals surface area contributed by atoms with E-state index in [9.17, 15) is 0 Å². The highest BCUT2D eigenvalue weighted by Crippen LogP contribution is 2.48. The number of para-hydroxylation sites is 2. The molecule has 1 nitrogen and oxygen atoms in total. The van der Waals surface area contributed by atoms with Gasteiger partial charge in [-0.3, -0.25) is 0 Å². The normalized spacial score (nSPS) is 12.2. The van der Waals surface area contributed by atoms with Gasteiger partial charge in [0.25, 0.3) is 0 Å². The first-order chi connectivity index (χ1) is 15.9. The molecule has 0 N–H and O–H groups in total. The van der Waals surface area contributed by atoms with Crippen molar-refractivity contribution in [3.8, 4) is 11.1 Å². The van der Waals surface area contributed by atoms with Gasteiger partial charge in [-0.1, -0.05) is 97.1 Å². The zero-order valence-corrected chi connectivity index (χ0v) is 17.7. The minimum Gasteiger partial charge on any atom is -0.310 e. The smallest absolute Gasteiger partial charge is 0.0464 e. The molecule has 0 heterocycles. The molecule has 5 aromatic rings. The van der Waals surface area contributed by atoms with Gasteiger partial charge in [-0.15, -0.1) is 0 Å². The number of hydrogen-bond acceptors (Lipinski definition) is 1. The van der Waals surface area contributed by atoms with Crippen molar-refractivity contribution in [2.45, 2.75) is 5.92 Å². The first kappa shape index (κ1) is 18.7. The summed E-state index contributed by atoms with van der Waals surface area (Å²) in [6, 6.07) is 47.8. The van der Waals surface area contributed by atoms with Gasteiger partial charge >= 0.3 is 0 Å². The molecule has 1 aliphatic carbocycles. The Bertz CT molecular complexity index is 1270. The summed E-state index contributed by atoms with van der Waals surface area (Å²) in [4.78, 5) is 2.33. The van der Waals surface area contributed by atoms with Gasteiger partial charge in [-0.2, -0.15) is 0 Å². The van der Waals surface area contributed by atoms with Crippen molar-refractivity contribution in [2.75, 3.05) is 4.90 Å². The summed E-state index contributed by atoms with van der Waals surface area (Å²) in [5, 5.41) is 0. The Hall–Kier alpha value is -4.10. The summed E-state index contributed by atoms with van der Waals surface area (Å²) in [6.45, 7) is 0. The van der Waals surface area contributed by atoms with Crippen LogP contribution in [0, 0.1) is 0 Å². The number of benzene rings is 5. The lowest BCUT2D eigenvalue weighted by molar-refractivity contribution is 1.01. The van der Waals surface area contributed by atoms with Gasteiger partial charge in [0.1, 0.15) is 0 Å².